The lowest BCUT2D eigenvalue weighted by Gasteiger charge is -2.14. The van der Waals surface area contributed by atoms with Gasteiger partial charge in [-0.05, 0) is 24.6 Å². The average molecular weight is 372 g/mol. The highest BCUT2D eigenvalue weighted by atomic mass is 19.2. The summed E-state index contributed by atoms with van der Waals surface area (Å²) >= 11 is 0. The molecule has 0 radical (unpaired) electrons. The maximum atomic E-state index is 13.5. The summed E-state index contributed by atoms with van der Waals surface area (Å²) in [6.45, 7) is 2.10. The van der Waals surface area contributed by atoms with Crippen molar-refractivity contribution in [2.75, 3.05) is 19.0 Å². The van der Waals surface area contributed by atoms with Gasteiger partial charge in [0.2, 0.25) is 0 Å². The highest BCUT2D eigenvalue weighted by molar-refractivity contribution is 6.37. The molecule has 0 spiro atoms. The predicted octanol–water partition coefficient (Wildman–Crippen LogP) is 3.58. The second-order valence-electron chi connectivity index (χ2n) is 5.97. The van der Waals surface area contributed by atoms with E-state index in [-0.39, 0.29) is 23.5 Å². The smallest absolute Gasteiger partial charge is 0.278 e. The molecule has 1 heterocycles. The molecule has 2 aromatic rings. The van der Waals surface area contributed by atoms with Gasteiger partial charge in [0.25, 0.3) is 11.8 Å². The topological polar surface area (TPSA) is 58.6 Å². The first-order chi connectivity index (χ1) is 13.0. The third-order valence-electron chi connectivity index (χ3n) is 4.18. The summed E-state index contributed by atoms with van der Waals surface area (Å²) in [5, 5.41) is 2.78. The zero-order valence-corrected chi connectivity index (χ0v) is 14.9. The molecule has 0 bridgehead atoms. The number of imide groups is 1. The summed E-state index contributed by atoms with van der Waals surface area (Å²) in [6.07, 6.45) is 0.592. The molecule has 1 aliphatic heterocycles. The Bertz CT molecular complexity index is 941. The van der Waals surface area contributed by atoms with Crippen molar-refractivity contribution in [2.45, 2.75) is 13.3 Å². The number of nitrogens with one attached hydrogen (secondary N) is 1. The monoisotopic (exact) mass is 372 g/mol. The third kappa shape index (κ3) is 3.40. The zero-order valence-electron chi connectivity index (χ0n) is 14.9. The molecule has 2 amide bonds. The molecular weight excluding hydrogens is 354 g/mol. The Morgan fingerprint density at radius 1 is 1.04 bits per heavy atom. The van der Waals surface area contributed by atoms with E-state index in [1.165, 1.54) is 13.2 Å². The predicted molar refractivity (Wildman–Crippen MR) is 96.9 cm³/mol. The Morgan fingerprint density at radius 3 is 2.44 bits per heavy atom. The van der Waals surface area contributed by atoms with E-state index in [1.54, 1.807) is 24.3 Å². The minimum atomic E-state index is -1.05. The van der Waals surface area contributed by atoms with Crippen LogP contribution in [-0.4, -0.2) is 30.4 Å². The number of hydrogen-bond acceptors (Lipinski definition) is 4. The normalized spacial score (nSPS) is 14.1. The minimum Gasteiger partial charge on any atom is -0.496 e. The highest BCUT2D eigenvalue weighted by Crippen LogP contribution is 2.35. The van der Waals surface area contributed by atoms with Crippen LogP contribution >= 0.6 is 0 Å². The molecule has 0 unspecified atom stereocenters. The maximum absolute atomic E-state index is 13.5. The van der Waals surface area contributed by atoms with Crippen LogP contribution in [0.2, 0.25) is 0 Å². The number of rotatable bonds is 6. The second-order valence-corrected chi connectivity index (χ2v) is 5.97. The van der Waals surface area contributed by atoms with E-state index in [0.717, 1.165) is 17.0 Å². The van der Waals surface area contributed by atoms with E-state index in [2.05, 4.69) is 5.32 Å². The summed E-state index contributed by atoms with van der Waals surface area (Å²) in [5.74, 6) is -2.61. The van der Waals surface area contributed by atoms with Crippen molar-refractivity contribution < 1.29 is 23.1 Å². The van der Waals surface area contributed by atoms with Gasteiger partial charge in [-0.15, -0.1) is 0 Å². The van der Waals surface area contributed by atoms with Gasteiger partial charge in [-0.1, -0.05) is 25.1 Å². The number of halogens is 2. The molecule has 2 aromatic carbocycles. The molecule has 1 aliphatic rings. The van der Waals surface area contributed by atoms with E-state index in [4.69, 9.17) is 4.74 Å². The summed E-state index contributed by atoms with van der Waals surface area (Å²) in [7, 11) is 1.47. The van der Waals surface area contributed by atoms with Crippen LogP contribution in [0.25, 0.3) is 5.57 Å². The van der Waals surface area contributed by atoms with E-state index >= 15 is 0 Å². The van der Waals surface area contributed by atoms with Gasteiger partial charge in [0.05, 0.1) is 12.7 Å². The van der Waals surface area contributed by atoms with Crippen LogP contribution in [0.1, 0.15) is 18.9 Å². The molecule has 1 N–H and O–H groups in total. The SMILES string of the molecule is CCCN1C(=O)C(Nc2ccc(F)c(F)c2)=C(c2ccccc2OC)C1=O. The molecule has 27 heavy (non-hydrogen) atoms. The number of nitrogens with zero attached hydrogens (tertiary/aromatic N) is 1. The van der Waals surface area contributed by atoms with Crippen molar-refractivity contribution in [3.8, 4) is 5.75 Å². The van der Waals surface area contributed by atoms with Gasteiger partial charge >= 0.3 is 0 Å². The van der Waals surface area contributed by atoms with Crippen molar-refractivity contribution in [3.63, 3.8) is 0 Å². The number of benzene rings is 2. The van der Waals surface area contributed by atoms with Crippen LogP contribution < -0.4 is 10.1 Å². The minimum absolute atomic E-state index is 0.00366. The highest BCUT2D eigenvalue weighted by Gasteiger charge is 2.39. The third-order valence-corrected chi connectivity index (χ3v) is 4.18. The molecule has 3 rings (SSSR count). The fourth-order valence-electron chi connectivity index (χ4n) is 2.94. The lowest BCUT2D eigenvalue weighted by atomic mass is 10.0. The number of amides is 2. The molecule has 0 atom stereocenters. The van der Waals surface area contributed by atoms with Crippen LogP contribution in [0, 0.1) is 11.6 Å². The van der Waals surface area contributed by atoms with Crippen LogP contribution in [0.15, 0.2) is 48.2 Å². The number of carbonyl (C=O) groups is 2. The number of methoxy groups -OCH3 is 1. The van der Waals surface area contributed by atoms with E-state index in [0.29, 0.717) is 17.7 Å². The fourth-order valence-corrected chi connectivity index (χ4v) is 2.94. The summed E-state index contributed by atoms with van der Waals surface area (Å²) < 4.78 is 32.1. The molecule has 0 aliphatic carbocycles. The molecule has 0 saturated carbocycles. The fraction of sp³-hybridized carbons (Fsp3) is 0.200. The Kier molecular flexibility index (Phi) is 5.21. The quantitative estimate of drug-likeness (QED) is 0.788. The van der Waals surface area contributed by atoms with Crippen molar-refractivity contribution >= 4 is 23.1 Å². The zero-order chi connectivity index (χ0) is 19.6. The van der Waals surface area contributed by atoms with E-state index in [1.807, 2.05) is 6.92 Å². The van der Waals surface area contributed by atoms with Crippen LogP contribution in [0.5, 0.6) is 5.75 Å². The number of para-hydroxylation sites is 1. The van der Waals surface area contributed by atoms with Crippen molar-refractivity contribution in [2.24, 2.45) is 0 Å². The number of anilines is 1. The van der Waals surface area contributed by atoms with Crippen LogP contribution in [0.4, 0.5) is 14.5 Å². The molecule has 140 valence electrons. The van der Waals surface area contributed by atoms with Gasteiger partial charge in [0.15, 0.2) is 11.6 Å². The first kappa shape index (κ1) is 18.6. The lowest BCUT2D eigenvalue weighted by molar-refractivity contribution is -0.136. The van der Waals surface area contributed by atoms with Gasteiger partial charge in [0.1, 0.15) is 11.4 Å². The summed E-state index contributed by atoms with van der Waals surface area (Å²) in [5.41, 5.74) is 0.748. The number of ether oxygens (including phenoxy) is 1. The average Bonchev–Trinajstić information content (AvgIpc) is 2.89. The van der Waals surface area contributed by atoms with Crippen molar-refractivity contribution in [1.29, 1.82) is 0 Å². The van der Waals surface area contributed by atoms with Gasteiger partial charge in [0, 0.05) is 23.9 Å². The summed E-state index contributed by atoms with van der Waals surface area (Å²) in [4.78, 5) is 26.9. The van der Waals surface area contributed by atoms with Gasteiger partial charge < -0.3 is 10.1 Å². The first-order valence-corrected chi connectivity index (χ1v) is 8.43. The molecule has 0 fully saturated rings. The second kappa shape index (κ2) is 7.57. The first-order valence-electron chi connectivity index (χ1n) is 8.43. The van der Waals surface area contributed by atoms with Crippen molar-refractivity contribution in [3.05, 3.63) is 65.4 Å². The molecule has 0 saturated heterocycles. The van der Waals surface area contributed by atoms with Gasteiger partial charge in [-0.25, -0.2) is 8.78 Å². The van der Waals surface area contributed by atoms with Gasteiger partial charge in [-0.2, -0.15) is 0 Å². The van der Waals surface area contributed by atoms with E-state index in [9.17, 15) is 18.4 Å². The van der Waals surface area contributed by atoms with E-state index < -0.39 is 23.4 Å². The van der Waals surface area contributed by atoms with Crippen LogP contribution in [-0.2, 0) is 9.59 Å². The molecule has 7 heteroatoms. The standard InChI is InChI=1S/C20H18F2N2O3/c1-3-10-24-19(25)17(13-6-4-5-7-16(13)27-2)18(20(24)26)23-12-8-9-14(21)15(22)11-12/h4-9,11,23H,3,10H2,1-2H3. The Hall–Kier alpha value is -3.22. The summed E-state index contributed by atoms with van der Waals surface area (Å²) in [6, 6.07) is 10.00. The molecule has 0 aromatic heterocycles. The molecule has 5 nitrogen and oxygen atoms in total. The Balaban J connectivity index is 2.12. The van der Waals surface area contributed by atoms with Crippen molar-refractivity contribution in [1.82, 2.24) is 4.90 Å². The number of hydrogen-bond donors (Lipinski definition) is 1. The Morgan fingerprint density at radius 2 is 1.78 bits per heavy atom. The largest absolute Gasteiger partial charge is 0.496 e. The Labute approximate surface area is 155 Å². The van der Waals surface area contributed by atoms with Gasteiger partial charge in [-0.3, -0.25) is 14.5 Å². The number of carbonyl (C=O) groups excluding carboxylic acids is 2. The lowest BCUT2D eigenvalue weighted by Crippen LogP contribution is -2.33. The molecular formula is C20H18F2N2O3. The van der Waals surface area contributed by atoms with Crippen LogP contribution in [0.3, 0.4) is 0 Å². The maximum Gasteiger partial charge on any atom is 0.278 e.